The molecular weight excluding hydrogens is 164 g/mol. The summed E-state index contributed by atoms with van der Waals surface area (Å²) in [6.07, 6.45) is 4.62. The first kappa shape index (κ1) is 10.7. The molecule has 0 aromatic rings. The second-order valence-corrected chi connectivity index (χ2v) is 3.81. The van der Waals surface area contributed by atoms with Crippen molar-refractivity contribution in [3.05, 3.63) is 11.6 Å². The van der Waals surface area contributed by atoms with Gasteiger partial charge in [-0.1, -0.05) is 11.6 Å². The molecule has 0 spiro atoms. The summed E-state index contributed by atoms with van der Waals surface area (Å²) in [5, 5.41) is 0. The van der Waals surface area contributed by atoms with Gasteiger partial charge in [0, 0.05) is 13.5 Å². The Morgan fingerprint density at radius 1 is 1.46 bits per heavy atom. The van der Waals surface area contributed by atoms with Crippen LogP contribution in [0.15, 0.2) is 11.6 Å². The number of ether oxygens (including phenoxy) is 2. The molecule has 0 unspecified atom stereocenters. The Hall–Kier alpha value is -0.340. The standard InChI is InChI=1S/C11H20O2/c1-5-8(2)10-6-9(3)13-11(7-10)12-4/h5,9-11H,6-7H2,1-4H3/b8-5-/t9-,10+,11-/m1/s1. The lowest BCUT2D eigenvalue weighted by Crippen LogP contribution is -2.32. The van der Waals surface area contributed by atoms with Crippen molar-refractivity contribution >= 4 is 0 Å². The van der Waals surface area contributed by atoms with Crippen LogP contribution in [0.2, 0.25) is 0 Å². The summed E-state index contributed by atoms with van der Waals surface area (Å²) < 4.78 is 10.8. The molecule has 0 aromatic heterocycles. The van der Waals surface area contributed by atoms with Gasteiger partial charge in [0.25, 0.3) is 0 Å². The maximum absolute atomic E-state index is 5.61. The highest BCUT2D eigenvalue weighted by atomic mass is 16.7. The van der Waals surface area contributed by atoms with Crippen molar-refractivity contribution in [3.63, 3.8) is 0 Å². The number of rotatable bonds is 2. The van der Waals surface area contributed by atoms with Crippen LogP contribution in [0, 0.1) is 5.92 Å². The molecular formula is C11H20O2. The topological polar surface area (TPSA) is 18.5 Å². The second kappa shape index (κ2) is 4.77. The molecule has 0 amide bonds. The quantitative estimate of drug-likeness (QED) is 0.614. The first-order valence-corrected chi connectivity index (χ1v) is 4.98. The predicted octanol–water partition coefficient (Wildman–Crippen LogP) is 2.74. The van der Waals surface area contributed by atoms with Crippen molar-refractivity contribution in [2.45, 2.75) is 46.0 Å². The molecule has 2 nitrogen and oxygen atoms in total. The summed E-state index contributed by atoms with van der Waals surface area (Å²) in [6.45, 7) is 6.40. The van der Waals surface area contributed by atoms with E-state index in [1.54, 1.807) is 7.11 Å². The van der Waals surface area contributed by atoms with E-state index in [1.807, 2.05) is 0 Å². The number of methoxy groups -OCH3 is 1. The Labute approximate surface area is 80.9 Å². The molecule has 3 atom stereocenters. The lowest BCUT2D eigenvalue weighted by atomic mass is 9.89. The third-order valence-corrected chi connectivity index (χ3v) is 2.84. The van der Waals surface area contributed by atoms with Crippen molar-refractivity contribution in [1.29, 1.82) is 0 Å². The number of allylic oxidation sites excluding steroid dienone is 2. The molecule has 1 saturated heterocycles. The predicted molar refractivity (Wildman–Crippen MR) is 53.5 cm³/mol. The normalized spacial score (nSPS) is 36.3. The van der Waals surface area contributed by atoms with E-state index < -0.39 is 0 Å². The van der Waals surface area contributed by atoms with Crippen LogP contribution in [0.25, 0.3) is 0 Å². The summed E-state index contributed by atoms with van der Waals surface area (Å²) >= 11 is 0. The fraction of sp³-hybridized carbons (Fsp3) is 0.818. The summed E-state index contributed by atoms with van der Waals surface area (Å²) in [4.78, 5) is 0. The molecule has 0 bridgehead atoms. The molecule has 0 aromatic carbocycles. The maximum atomic E-state index is 5.61. The van der Waals surface area contributed by atoms with Crippen molar-refractivity contribution in [2.75, 3.05) is 7.11 Å². The van der Waals surface area contributed by atoms with Gasteiger partial charge in [-0.15, -0.1) is 0 Å². The molecule has 2 heteroatoms. The first-order chi connectivity index (χ1) is 6.17. The molecule has 1 aliphatic heterocycles. The fourth-order valence-corrected chi connectivity index (χ4v) is 1.86. The summed E-state index contributed by atoms with van der Waals surface area (Å²) in [7, 11) is 1.71. The molecule has 76 valence electrons. The van der Waals surface area contributed by atoms with Gasteiger partial charge in [-0.3, -0.25) is 0 Å². The van der Waals surface area contributed by atoms with E-state index in [4.69, 9.17) is 9.47 Å². The highest BCUT2D eigenvalue weighted by Crippen LogP contribution is 2.30. The molecule has 1 aliphatic rings. The van der Waals surface area contributed by atoms with Gasteiger partial charge < -0.3 is 9.47 Å². The molecule has 0 saturated carbocycles. The smallest absolute Gasteiger partial charge is 0.158 e. The van der Waals surface area contributed by atoms with E-state index in [-0.39, 0.29) is 6.29 Å². The first-order valence-electron chi connectivity index (χ1n) is 4.98. The summed E-state index contributed by atoms with van der Waals surface area (Å²) in [6, 6.07) is 0. The van der Waals surface area contributed by atoms with Crippen LogP contribution < -0.4 is 0 Å². The molecule has 0 radical (unpaired) electrons. The molecule has 1 fully saturated rings. The minimum absolute atomic E-state index is 0.0105. The Morgan fingerprint density at radius 2 is 2.15 bits per heavy atom. The number of hydrogen-bond donors (Lipinski definition) is 0. The Morgan fingerprint density at radius 3 is 2.69 bits per heavy atom. The van der Waals surface area contributed by atoms with Crippen molar-refractivity contribution < 1.29 is 9.47 Å². The van der Waals surface area contributed by atoms with E-state index in [9.17, 15) is 0 Å². The Bertz CT molecular complexity index is 187. The summed E-state index contributed by atoms with van der Waals surface area (Å²) in [5.74, 6) is 0.638. The van der Waals surface area contributed by atoms with Crippen LogP contribution in [-0.4, -0.2) is 19.5 Å². The zero-order valence-electron chi connectivity index (χ0n) is 9.04. The monoisotopic (exact) mass is 184 g/mol. The van der Waals surface area contributed by atoms with Crippen LogP contribution in [0.3, 0.4) is 0 Å². The molecule has 0 aliphatic carbocycles. The summed E-state index contributed by atoms with van der Waals surface area (Å²) in [5.41, 5.74) is 1.46. The van der Waals surface area contributed by atoms with Gasteiger partial charge in [-0.25, -0.2) is 0 Å². The Kier molecular flexibility index (Phi) is 3.94. The van der Waals surface area contributed by atoms with Crippen molar-refractivity contribution in [2.24, 2.45) is 5.92 Å². The van der Waals surface area contributed by atoms with Crippen molar-refractivity contribution in [3.8, 4) is 0 Å². The van der Waals surface area contributed by atoms with E-state index in [1.165, 1.54) is 5.57 Å². The van der Waals surface area contributed by atoms with Gasteiger partial charge in [0.1, 0.15) is 0 Å². The third-order valence-electron chi connectivity index (χ3n) is 2.84. The van der Waals surface area contributed by atoms with E-state index in [0.29, 0.717) is 12.0 Å². The molecule has 0 N–H and O–H groups in total. The lowest BCUT2D eigenvalue weighted by molar-refractivity contribution is -0.184. The second-order valence-electron chi connectivity index (χ2n) is 3.81. The molecule has 1 heterocycles. The van der Waals surface area contributed by atoms with Crippen LogP contribution in [0.5, 0.6) is 0 Å². The van der Waals surface area contributed by atoms with Crippen LogP contribution >= 0.6 is 0 Å². The van der Waals surface area contributed by atoms with Gasteiger partial charge in [0.15, 0.2) is 6.29 Å². The van der Waals surface area contributed by atoms with Crippen LogP contribution in [-0.2, 0) is 9.47 Å². The van der Waals surface area contributed by atoms with Crippen molar-refractivity contribution in [1.82, 2.24) is 0 Å². The van der Waals surface area contributed by atoms with Crippen LogP contribution in [0.4, 0.5) is 0 Å². The van der Waals surface area contributed by atoms with Gasteiger partial charge in [0.05, 0.1) is 6.10 Å². The third kappa shape index (κ3) is 2.82. The minimum atomic E-state index is -0.0105. The van der Waals surface area contributed by atoms with Gasteiger partial charge in [0.2, 0.25) is 0 Å². The highest BCUT2D eigenvalue weighted by Gasteiger charge is 2.27. The fourth-order valence-electron chi connectivity index (χ4n) is 1.86. The highest BCUT2D eigenvalue weighted by molar-refractivity contribution is 5.03. The van der Waals surface area contributed by atoms with E-state index >= 15 is 0 Å². The largest absolute Gasteiger partial charge is 0.356 e. The maximum Gasteiger partial charge on any atom is 0.158 e. The lowest BCUT2D eigenvalue weighted by Gasteiger charge is -2.33. The SMILES string of the molecule is C/C=C(/C)[C@@H]1C[C@H](OC)O[C@H](C)C1. The van der Waals surface area contributed by atoms with Crippen LogP contribution in [0.1, 0.15) is 33.6 Å². The average Bonchev–Trinajstić information content (AvgIpc) is 2.15. The van der Waals surface area contributed by atoms with Gasteiger partial charge >= 0.3 is 0 Å². The van der Waals surface area contributed by atoms with Gasteiger partial charge in [-0.2, -0.15) is 0 Å². The number of hydrogen-bond acceptors (Lipinski definition) is 2. The van der Waals surface area contributed by atoms with E-state index in [0.717, 1.165) is 12.8 Å². The molecule has 1 rings (SSSR count). The van der Waals surface area contributed by atoms with E-state index in [2.05, 4.69) is 26.8 Å². The van der Waals surface area contributed by atoms with Gasteiger partial charge in [-0.05, 0) is 33.1 Å². The zero-order chi connectivity index (χ0) is 9.84. The Balaban J connectivity index is 2.56. The molecule has 13 heavy (non-hydrogen) atoms. The zero-order valence-corrected chi connectivity index (χ0v) is 9.04. The minimum Gasteiger partial charge on any atom is -0.356 e. The average molecular weight is 184 g/mol.